The van der Waals surface area contributed by atoms with E-state index in [0.717, 1.165) is 5.56 Å². The number of nitrogens with zero attached hydrogens (tertiary/aromatic N) is 1. The van der Waals surface area contributed by atoms with Crippen LogP contribution in [0.15, 0.2) is 70.8 Å². The van der Waals surface area contributed by atoms with Gasteiger partial charge in [0.2, 0.25) is 0 Å². The van der Waals surface area contributed by atoms with Gasteiger partial charge in [0.1, 0.15) is 17.2 Å². The Morgan fingerprint density at radius 2 is 1.81 bits per heavy atom. The van der Waals surface area contributed by atoms with Crippen LogP contribution in [0, 0.1) is 17.0 Å². The van der Waals surface area contributed by atoms with E-state index in [1.807, 2.05) is 6.92 Å². The van der Waals surface area contributed by atoms with Gasteiger partial charge in [0, 0.05) is 23.7 Å². The van der Waals surface area contributed by atoms with Crippen molar-refractivity contribution in [3.8, 4) is 11.3 Å². The average Bonchev–Trinajstić information content (AvgIpc) is 3.44. The molecule has 3 aromatic rings. The van der Waals surface area contributed by atoms with E-state index in [-0.39, 0.29) is 46.4 Å². The molecule has 0 aliphatic carbocycles. The van der Waals surface area contributed by atoms with Gasteiger partial charge in [-0.15, -0.1) is 0 Å². The molecule has 1 atom stereocenters. The Kier molecular flexibility index (Phi) is 7.02. The Morgan fingerprint density at radius 1 is 1.08 bits per heavy atom. The van der Waals surface area contributed by atoms with Crippen molar-refractivity contribution >= 4 is 33.4 Å². The first-order valence-corrected chi connectivity index (χ1v) is 12.9. The molecule has 2 amide bonds. The van der Waals surface area contributed by atoms with Gasteiger partial charge in [-0.05, 0) is 43.7 Å². The maximum Gasteiger partial charge on any atom is 0.280 e. The fourth-order valence-electron chi connectivity index (χ4n) is 3.79. The first-order valence-electron chi connectivity index (χ1n) is 11.1. The number of hydrogen-bond donors (Lipinski definition) is 2. The van der Waals surface area contributed by atoms with E-state index in [0.29, 0.717) is 5.56 Å². The summed E-state index contributed by atoms with van der Waals surface area (Å²) >= 11 is 0. The van der Waals surface area contributed by atoms with Crippen LogP contribution in [0.2, 0.25) is 0 Å². The summed E-state index contributed by atoms with van der Waals surface area (Å²) in [4.78, 5) is 36.7. The van der Waals surface area contributed by atoms with E-state index in [4.69, 9.17) is 4.42 Å². The van der Waals surface area contributed by atoms with Crippen LogP contribution < -0.4 is 10.6 Å². The molecule has 1 aliphatic rings. The molecule has 0 bridgehead atoms. The first kappa shape index (κ1) is 24.9. The lowest BCUT2D eigenvalue weighted by molar-refractivity contribution is -0.384. The van der Waals surface area contributed by atoms with Crippen molar-refractivity contribution < 1.29 is 27.3 Å². The molecule has 2 N–H and O–H groups in total. The third kappa shape index (κ3) is 5.87. The van der Waals surface area contributed by atoms with Crippen LogP contribution in [0.1, 0.15) is 28.1 Å². The molecule has 2 aromatic carbocycles. The van der Waals surface area contributed by atoms with Crippen molar-refractivity contribution in [2.24, 2.45) is 0 Å². The van der Waals surface area contributed by atoms with Gasteiger partial charge in [0.15, 0.2) is 9.84 Å². The number of amides is 2. The molecule has 1 saturated heterocycles. The van der Waals surface area contributed by atoms with Crippen LogP contribution in [0.3, 0.4) is 0 Å². The van der Waals surface area contributed by atoms with Crippen molar-refractivity contribution in [1.29, 1.82) is 0 Å². The minimum atomic E-state index is -3.23. The molecule has 1 fully saturated rings. The second kappa shape index (κ2) is 10.2. The Bertz CT molecular complexity index is 1460. The highest BCUT2D eigenvalue weighted by atomic mass is 32.2. The standard InChI is InChI=1S/C25H23N3O7S/c1-16-6-8-17(9-7-16)24(29)27-21(25(30)26-18-12-13-36(33,34)15-18)14-19-10-11-23(35-19)20-4-2-3-5-22(20)28(31)32/h2-11,14,18H,12-13,15H2,1H3,(H,26,30)(H,27,29)/b21-14-/t18-/m1/s1. The zero-order valence-electron chi connectivity index (χ0n) is 19.3. The second-order valence-electron chi connectivity index (χ2n) is 8.43. The van der Waals surface area contributed by atoms with Gasteiger partial charge in [0.05, 0.1) is 22.0 Å². The third-order valence-corrected chi connectivity index (χ3v) is 7.42. The highest BCUT2D eigenvalue weighted by molar-refractivity contribution is 7.91. The molecule has 2 heterocycles. The smallest absolute Gasteiger partial charge is 0.280 e. The number of para-hydroxylation sites is 1. The summed E-state index contributed by atoms with van der Waals surface area (Å²) in [5.74, 6) is -1.05. The number of rotatable bonds is 7. The van der Waals surface area contributed by atoms with Crippen LogP contribution >= 0.6 is 0 Å². The molecular weight excluding hydrogens is 486 g/mol. The number of hydrogen-bond acceptors (Lipinski definition) is 7. The maximum atomic E-state index is 13.0. The molecule has 4 rings (SSSR count). The number of nitrogens with one attached hydrogen (secondary N) is 2. The van der Waals surface area contributed by atoms with E-state index in [9.17, 15) is 28.1 Å². The highest BCUT2D eigenvalue weighted by Gasteiger charge is 2.30. The largest absolute Gasteiger partial charge is 0.456 e. The summed E-state index contributed by atoms with van der Waals surface area (Å²) in [6.07, 6.45) is 1.57. The van der Waals surface area contributed by atoms with Crippen molar-refractivity contribution in [2.45, 2.75) is 19.4 Å². The monoisotopic (exact) mass is 509 g/mol. The van der Waals surface area contributed by atoms with Crippen LogP contribution in [0.5, 0.6) is 0 Å². The third-order valence-electron chi connectivity index (χ3n) is 5.65. The summed E-state index contributed by atoms with van der Waals surface area (Å²) in [6, 6.07) is 15.3. The van der Waals surface area contributed by atoms with E-state index in [2.05, 4.69) is 10.6 Å². The molecule has 11 heteroatoms. The summed E-state index contributed by atoms with van der Waals surface area (Å²) in [5.41, 5.74) is 1.24. The topological polar surface area (TPSA) is 149 Å². The summed E-state index contributed by atoms with van der Waals surface area (Å²) in [5, 5.41) is 16.6. The molecule has 0 saturated carbocycles. The van der Waals surface area contributed by atoms with Crippen molar-refractivity contribution in [1.82, 2.24) is 10.6 Å². The van der Waals surface area contributed by atoms with Crippen LogP contribution in [-0.2, 0) is 14.6 Å². The molecule has 0 spiro atoms. The minimum absolute atomic E-state index is 0.0237. The SMILES string of the molecule is Cc1ccc(C(=O)N/C(=C\c2ccc(-c3ccccc3[N+](=O)[O-])o2)C(=O)N[C@@H]2CCS(=O)(=O)C2)cc1. The number of sulfone groups is 1. The lowest BCUT2D eigenvalue weighted by Crippen LogP contribution is -2.41. The lowest BCUT2D eigenvalue weighted by Gasteiger charge is -2.14. The number of nitro benzene ring substituents is 1. The predicted octanol–water partition coefficient (Wildman–Crippen LogP) is 3.24. The van der Waals surface area contributed by atoms with Gasteiger partial charge in [-0.3, -0.25) is 19.7 Å². The molecule has 36 heavy (non-hydrogen) atoms. The number of carbonyl (C=O) groups excluding carboxylic acids is 2. The van der Waals surface area contributed by atoms with Crippen molar-refractivity contribution in [3.63, 3.8) is 0 Å². The number of carbonyl (C=O) groups is 2. The Balaban J connectivity index is 1.63. The first-order chi connectivity index (χ1) is 17.1. The van der Waals surface area contributed by atoms with E-state index >= 15 is 0 Å². The minimum Gasteiger partial charge on any atom is -0.456 e. The van der Waals surface area contributed by atoms with Crippen LogP contribution in [0.25, 0.3) is 17.4 Å². The Morgan fingerprint density at radius 3 is 2.47 bits per heavy atom. The van der Waals surface area contributed by atoms with Gasteiger partial charge < -0.3 is 15.1 Å². The summed E-state index contributed by atoms with van der Waals surface area (Å²) < 4.78 is 29.3. The maximum absolute atomic E-state index is 13.0. The van der Waals surface area contributed by atoms with Crippen LogP contribution in [0.4, 0.5) is 5.69 Å². The van der Waals surface area contributed by atoms with E-state index in [1.54, 1.807) is 30.3 Å². The number of aryl methyl sites for hydroxylation is 1. The number of furan rings is 1. The van der Waals surface area contributed by atoms with Crippen molar-refractivity contribution in [3.05, 3.63) is 93.4 Å². The van der Waals surface area contributed by atoms with Gasteiger partial charge >= 0.3 is 0 Å². The molecule has 186 valence electrons. The normalized spacial score (nSPS) is 16.9. The summed E-state index contributed by atoms with van der Waals surface area (Å²) in [6.45, 7) is 1.88. The van der Waals surface area contributed by atoms with Gasteiger partial charge in [-0.25, -0.2) is 8.42 Å². The molecule has 1 aromatic heterocycles. The zero-order chi connectivity index (χ0) is 25.9. The summed E-state index contributed by atoms with van der Waals surface area (Å²) in [7, 11) is -3.23. The molecular formula is C25H23N3O7S. The molecule has 0 unspecified atom stereocenters. The number of benzene rings is 2. The van der Waals surface area contributed by atoms with Crippen LogP contribution in [-0.4, -0.2) is 42.7 Å². The fourth-order valence-corrected chi connectivity index (χ4v) is 5.46. The number of nitro groups is 1. The fraction of sp³-hybridized carbons (Fsp3) is 0.200. The molecule has 1 aliphatic heterocycles. The van der Waals surface area contributed by atoms with Gasteiger partial charge in [-0.1, -0.05) is 29.8 Å². The molecule has 0 radical (unpaired) electrons. The highest BCUT2D eigenvalue weighted by Crippen LogP contribution is 2.31. The lowest BCUT2D eigenvalue weighted by atomic mass is 10.1. The van der Waals surface area contributed by atoms with Gasteiger partial charge in [-0.2, -0.15) is 0 Å². The Labute approximate surface area is 207 Å². The molecule has 10 nitrogen and oxygen atoms in total. The average molecular weight is 510 g/mol. The zero-order valence-corrected chi connectivity index (χ0v) is 20.1. The quantitative estimate of drug-likeness (QED) is 0.282. The van der Waals surface area contributed by atoms with Gasteiger partial charge in [0.25, 0.3) is 17.5 Å². The second-order valence-corrected chi connectivity index (χ2v) is 10.7. The van der Waals surface area contributed by atoms with E-state index in [1.165, 1.54) is 36.4 Å². The predicted molar refractivity (Wildman–Crippen MR) is 133 cm³/mol. The van der Waals surface area contributed by atoms with Crippen molar-refractivity contribution in [2.75, 3.05) is 11.5 Å². The Hall–Kier alpha value is -4.25. The van der Waals surface area contributed by atoms with E-state index < -0.39 is 32.6 Å².